The maximum absolute atomic E-state index is 12.7. The van der Waals surface area contributed by atoms with Crippen LogP contribution in [0, 0.1) is 5.82 Å². The summed E-state index contributed by atoms with van der Waals surface area (Å²) in [6.45, 7) is 1.62. The number of hydrogen-bond acceptors (Lipinski definition) is 2. The average molecular weight is 262 g/mol. The summed E-state index contributed by atoms with van der Waals surface area (Å²) in [5.41, 5.74) is 0.812. The van der Waals surface area contributed by atoms with Crippen molar-refractivity contribution in [2.24, 2.45) is 0 Å². The Bertz CT molecular complexity index is 438. The van der Waals surface area contributed by atoms with Gasteiger partial charge in [-0.15, -0.1) is 0 Å². The van der Waals surface area contributed by atoms with Crippen LogP contribution in [0.1, 0.15) is 24.8 Å². The predicted octanol–water partition coefficient (Wildman–Crippen LogP) is 2.10. The Morgan fingerprint density at radius 3 is 2.68 bits per heavy atom. The summed E-state index contributed by atoms with van der Waals surface area (Å²) in [5, 5.41) is 6.21. The number of amides is 1. The van der Waals surface area contributed by atoms with Gasteiger partial charge in [0.2, 0.25) is 5.91 Å². The minimum atomic E-state index is -0.273. The number of hydrogen-bond donors (Lipinski definition) is 2. The Kier molecular flexibility index (Phi) is 5.10. The second-order valence-electron chi connectivity index (χ2n) is 4.76. The van der Waals surface area contributed by atoms with E-state index in [-0.39, 0.29) is 11.7 Å². The molecule has 1 aromatic rings. The van der Waals surface area contributed by atoms with Crippen molar-refractivity contribution in [3.63, 3.8) is 0 Å². The molecular weight excluding hydrogens is 243 g/mol. The highest BCUT2D eigenvalue weighted by Gasteiger charge is 2.19. The van der Waals surface area contributed by atoms with Crippen LogP contribution in [0.5, 0.6) is 0 Å². The van der Waals surface area contributed by atoms with Crippen molar-refractivity contribution in [3.05, 3.63) is 41.7 Å². The van der Waals surface area contributed by atoms with E-state index in [0.717, 1.165) is 18.5 Å². The Balaban J connectivity index is 1.61. The fourth-order valence-corrected chi connectivity index (χ4v) is 1.70. The third kappa shape index (κ3) is 5.66. The summed E-state index contributed by atoms with van der Waals surface area (Å²) in [6.07, 6.45) is 6.66. The molecule has 0 aromatic heterocycles. The molecule has 1 amide bonds. The second-order valence-corrected chi connectivity index (χ2v) is 4.76. The Hall–Kier alpha value is -1.68. The minimum Gasteiger partial charge on any atom is -0.353 e. The van der Waals surface area contributed by atoms with Gasteiger partial charge in [0.1, 0.15) is 5.82 Å². The van der Waals surface area contributed by atoms with E-state index in [9.17, 15) is 9.18 Å². The molecule has 1 fully saturated rings. The first-order valence-electron chi connectivity index (χ1n) is 6.69. The quantitative estimate of drug-likeness (QED) is 0.583. The van der Waals surface area contributed by atoms with Gasteiger partial charge in [-0.1, -0.05) is 12.1 Å². The number of halogens is 1. The molecule has 1 aromatic carbocycles. The minimum absolute atomic E-state index is 0.115. The van der Waals surface area contributed by atoms with Crippen molar-refractivity contribution < 1.29 is 9.18 Å². The van der Waals surface area contributed by atoms with Gasteiger partial charge in [-0.3, -0.25) is 4.79 Å². The van der Waals surface area contributed by atoms with Crippen LogP contribution in [-0.2, 0) is 4.79 Å². The van der Waals surface area contributed by atoms with Gasteiger partial charge in [0, 0.05) is 18.7 Å². The van der Waals surface area contributed by atoms with Crippen molar-refractivity contribution in [1.82, 2.24) is 10.6 Å². The van der Waals surface area contributed by atoms with Crippen LogP contribution >= 0.6 is 0 Å². The van der Waals surface area contributed by atoms with Crippen molar-refractivity contribution >= 4 is 12.0 Å². The van der Waals surface area contributed by atoms with Gasteiger partial charge in [0.25, 0.3) is 0 Å². The molecule has 2 rings (SSSR count). The van der Waals surface area contributed by atoms with Crippen molar-refractivity contribution in [2.45, 2.75) is 25.3 Å². The third-order valence-corrected chi connectivity index (χ3v) is 2.96. The first kappa shape index (κ1) is 13.7. The van der Waals surface area contributed by atoms with Crippen LogP contribution in [-0.4, -0.2) is 25.0 Å². The lowest BCUT2D eigenvalue weighted by atomic mass is 10.2. The van der Waals surface area contributed by atoms with Gasteiger partial charge >= 0.3 is 0 Å². The highest BCUT2D eigenvalue weighted by molar-refractivity contribution is 5.91. The molecule has 0 radical (unpaired) electrons. The van der Waals surface area contributed by atoms with E-state index in [1.54, 1.807) is 18.2 Å². The molecule has 4 heteroatoms. The van der Waals surface area contributed by atoms with Gasteiger partial charge in [-0.05, 0) is 49.6 Å². The summed E-state index contributed by atoms with van der Waals surface area (Å²) >= 11 is 0. The van der Waals surface area contributed by atoms with Crippen LogP contribution < -0.4 is 10.6 Å². The Morgan fingerprint density at radius 2 is 2.00 bits per heavy atom. The number of carbonyl (C=O) groups is 1. The van der Waals surface area contributed by atoms with Gasteiger partial charge in [0.15, 0.2) is 0 Å². The molecule has 102 valence electrons. The largest absolute Gasteiger partial charge is 0.353 e. The van der Waals surface area contributed by atoms with Crippen LogP contribution in [0.3, 0.4) is 0 Å². The smallest absolute Gasteiger partial charge is 0.243 e. The summed E-state index contributed by atoms with van der Waals surface area (Å²) < 4.78 is 12.7. The fraction of sp³-hybridized carbons (Fsp3) is 0.400. The molecule has 1 aliphatic rings. The van der Waals surface area contributed by atoms with E-state index in [2.05, 4.69) is 10.6 Å². The van der Waals surface area contributed by atoms with E-state index in [0.29, 0.717) is 12.6 Å². The van der Waals surface area contributed by atoms with Crippen molar-refractivity contribution in [3.8, 4) is 0 Å². The zero-order valence-electron chi connectivity index (χ0n) is 10.9. The molecule has 2 N–H and O–H groups in total. The standard InChI is InChI=1S/C15H19FN2O/c16-13-5-2-12(3-6-13)4-9-15(19)18-11-1-10-17-14-7-8-14/h2-6,9,14,17H,1,7-8,10-11H2,(H,18,19)/b9-4+. The molecule has 19 heavy (non-hydrogen) atoms. The lowest BCUT2D eigenvalue weighted by molar-refractivity contribution is -0.116. The third-order valence-electron chi connectivity index (χ3n) is 2.96. The first-order chi connectivity index (χ1) is 9.24. The topological polar surface area (TPSA) is 41.1 Å². The molecule has 1 saturated carbocycles. The van der Waals surface area contributed by atoms with Crippen molar-refractivity contribution in [2.75, 3.05) is 13.1 Å². The normalized spacial score (nSPS) is 14.8. The second kappa shape index (κ2) is 7.04. The van der Waals surface area contributed by atoms with Crippen LogP contribution in [0.2, 0.25) is 0 Å². The lowest BCUT2D eigenvalue weighted by Crippen LogP contribution is -2.26. The predicted molar refractivity (Wildman–Crippen MR) is 74.1 cm³/mol. The summed E-state index contributed by atoms with van der Waals surface area (Å²) in [5.74, 6) is -0.388. The maximum atomic E-state index is 12.7. The molecule has 0 unspecified atom stereocenters. The number of benzene rings is 1. The SMILES string of the molecule is O=C(/C=C/c1ccc(F)cc1)NCCCNC1CC1. The fourth-order valence-electron chi connectivity index (χ4n) is 1.70. The summed E-state index contributed by atoms with van der Waals surface area (Å²) in [6, 6.07) is 6.74. The number of carbonyl (C=O) groups excluding carboxylic acids is 1. The van der Waals surface area contributed by atoms with Crippen LogP contribution in [0.4, 0.5) is 4.39 Å². The van der Waals surface area contributed by atoms with E-state index >= 15 is 0 Å². The van der Waals surface area contributed by atoms with E-state index in [1.807, 2.05) is 0 Å². The molecular formula is C15H19FN2O. The van der Waals surface area contributed by atoms with Gasteiger partial charge < -0.3 is 10.6 Å². The lowest BCUT2D eigenvalue weighted by Gasteiger charge is -2.03. The highest BCUT2D eigenvalue weighted by atomic mass is 19.1. The maximum Gasteiger partial charge on any atom is 0.243 e. The van der Waals surface area contributed by atoms with Crippen LogP contribution in [0.25, 0.3) is 6.08 Å². The molecule has 1 aliphatic carbocycles. The molecule has 0 bridgehead atoms. The monoisotopic (exact) mass is 262 g/mol. The zero-order valence-corrected chi connectivity index (χ0v) is 10.9. The van der Waals surface area contributed by atoms with E-state index in [1.165, 1.54) is 31.1 Å². The van der Waals surface area contributed by atoms with E-state index in [4.69, 9.17) is 0 Å². The van der Waals surface area contributed by atoms with Gasteiger partial charge in [0.05, 0.1) is 0 Å². The van der Waals surface area contributed by atoms with Crippen LogP contribution in [0.15, 0.2) is 30.3 Å². The van der Waals surface area contributed by atoms with Crippen molar-refractivity contribution in [1.29, 1.82) is 0 Å². The summed E-state index contributed by atoms with van der Waals surface area (Å²) in [4.78, 5) is 11.5. The Morgan fingerprint density at radius 1 is 1.26 bits per heavy atom. The molecule has 0 aliphatic heterocycles. The van der Waals surface area contributed by atoms with Gasteiger partial charge in [-0.25, -0.2) is 4.39 Å². The summed E-state index contributed by atoms with van der Waals surface area (Å²) in [7, 11) is 0. The molecule has 0 heterocycles. The first-order valence-corrected chi connectivity index (χ1v) is 6.69. The highest BCUT2D eigenvalue weighted by Crippen LogP contribution is 2.18. The van der Waals surface area contributed by atoms with Gasteiger partial charge in [-0.2, -0.15) is 0 Å². The number of nitrogens with one attached hydrogen (secondary N) is 2. The molecule has 0 spiro atoms. The molecule has 0 atom stereocenters. The average Bonchev–Trinajstić information content (AvgIpc) is 3.22. The zero-order chi connectivity index (χ0) is 13.5. The molecule has 0 saturated heterocycles. The number of rotatable bonds is 7. The Labute approximate surface area is 112 Å². The van der Waals surface area contributed by atoms with E-state index < -0.39 is 0 Å². The molecule has 3 nitrogen and oxygen atoms in total.